The molecule has 0 aliphatic heterocycles. The summed E-state index contributed by atoms with van der Waals surface area (Å²) in [5.41, 5.74) is -0.0455. The van der Waals surface area contributed by atoms with Gasteiger partial charge in [0.05, 0.1) is 24.0 Å². The van der Waals surface area contributed by atoms with Crippen LogP contribution in [0.4, 0.5) is 19.0 Å². The van der Waals surface area contributed by atoms with Crippen LogP contribution in [0.3, 0.4) is 0 Å². The molecule has 19 heavy (non-hydrogen) atoms. The topological polar surface area (TPSA) is 41.9 Å². The first-order valence-electron chi connectivity index (χ1n) is 5.46. The Hall–Kier alpha value is -2.18. The van der Waals surface area contributed by atoms with Gasteiger partial charge in [-0.3, -0.25) is 9.97 Å². The highest BCUT2D eigenvalue weighted by atomic mass is 19.4. The second-order valence-electron chi connectivity index (χ2n) is 3.96. The van der Waals surface area contributed by atoms with Gasteiger partial charge in [0.25, 0.3) is 0 Å². The van der Waals surface area contributed by atoms with E-state index >= 15 is 0 Å². The summed E-state index contributed by atoms with van der Waals surface area (Å²) in [5, 5.41) is 0. The molecule has 4 nitrogen and oxygen atoms in total. The molecule has 0 aliphatic carbocycles. The molecule has 0 unspecified atom stereocenters. The van der Waals surface area contributed by atoms with Crippen molar-refractivity contribution < 1.29 is 13.2 Å². The van der Waals surface area contributed by atoms with Gasteiger partial charge in [0.15, 0.2) is 0 Å². The minimum atomic E-state index is -4.37. The lowest BCUT2D eigenvalue weighted by atomic mass is 10.2. The van der Waals surface area contributed by atoms with Gasteiger partial charge in [0.1, 0.15) is 5.82 Å². The number of aromatic nitrogens is 3. The largest absolute Gasteiger partial charge is 0.417 e. The van der Waals surface area contributed by atoms with E-state index in [9.17, 15) is 13.2 Å². The maximum atomic E-state index is 12.4. The maximum Gasteiger partial charge on any atom is 0.417 e. The third kappa shape index (κ3) is 3.40. The Morgan fingerprint density at radius 3 is 2.42 bits per heavy atom. The lowest BCUT2D eigenvalue weighted by molar-refractivity contribution is -0.137. The lowest BCUT2D eigenvalue weighted by Crippen LogP contribution is -2.19. The Morgan fingerprint density at radius 2 is 1.89 bits per heavy atom. The van der Waals surface area contributed by atoms with Gasteiger partial charge in [-0.2, -0.15) is 13.2 Å². The Bertz CT molecular complexity index is 525. The minimum Gasteiger partial charge on any atom is -0.354 e. The Labute approximate surface area is 107 Å². The summed E-state index contributed by atoms with van der Waals surface area (Å²) in [7, 11) is 1.73. The molecule has 0 radical (unpaired) electrons. The third-order valence-electron chi connectivity index (χ3n) is 2.48. The zero-order valence-corrected chi connectivity index (χ0v) is 10.1. The molecule has 0 fully saturated rings. The van der Waals surface area contributed by atoms with Gasteiger partial charge >= 0.3 is 6.18 Å². The summed E-state index contributed by atoms with van der Waals surface area (Å²) in [4.78, 5) is 13.5. The van der Waals surface area contributed by atoms with E-state index in [1.807, 2.05) is 0 Å². The standard InChI is InChI=1S/C12H11F3N4/c1-19(8-10-7-16-4-5-17-10)11-3-2-9(6-18-11)12(13,14)15/h2-7H,8H2,1H3. The van der Waals surface area contributed by atoms with Crippen LogP contribution < -0.4 is 4.90 Å². The molecule has 2 rings (SSSR count). The van der Waals surface area contributed by atoms with Crippen molar-refractivity contribution >= 4 is 5.82 Å². The maximum absolute atomic E-state index is 12.4. The number of anilines is 1. The average molecular weight is 268 g/mol. The number of halogens is 3. The van der Waals surface area contributed by atoms with Crippen molar-refractivity contribution in [3.8, 4) is 0 Å². The minimum absolute atomic E-state index is 0.423. The number of hydrogen-bond donors (Lipinski definition) is 0. The number of pyridine rings is 1. The van der Waals surface area contributed by atoms with Crippen LogP contribution >= 0.6 is 0 Å². The molecule has 0 N–H and O–H groups in total. The smallest absolute Gasteiger partial charge is 0.354 e. The van der Waals surface area contributed by atoms with Gasteiger partial charge in [-0.15, -0.1) is 0 Å². The Morgan fingerprint density at radius 1 is 1.11 bits per heavy atom. The highest BCUT2D eigenvalue weighted by Crippen LogP contribution is 2.29. The lowest BCUT2D eigenvalue weighted by Gasteiger charge is -2.17. The molecule has 2 aromatic rings. The zero-order valence-electron chi connectivity index (χ0n) is 10.1. The number of alkyl halides is 3. The molecule has 0 aliphatic rings. The molecule has 100 valence electrons. The second kappa shape index (κ2) is 5.21. The van der Waals surface area contributed by atoms with E-state index in [-0.39, 0.29) is 0 Å². The van der Waals surface area contributed by atoms with E-state index in [2.05, 4.69) is 15.0 Å². The zero-order chi connectivity index (χ0) is 13.9. The SMILES string of the molecule is CN(Cc1cnccn1)c1ccc(C(F)(F)F)cn1. The van der Waals surface area contributed by atoms with Crippen molar-refractivity contribution in [3.05, 3.63) is 48.2 Å². The highest BCUT2D eigenvalue weighted by molar-refractivity contribution is 5.39. The van der Waals surface area contributed by atoms with Crippen LogP contribution in [0.2, 0.25) is 0 Å². The van der Waals surface area contributed by atoms with E-state index in [1.165, 1.54) is 6.07 Å². The molecule has 0 bridgehead atoms. The first kappa shape index (κ1) is 13.3. The van der Waals surface area contributed by atoms with Crippen LogP contribution in [0.15, 0.2) is 36.9 Å². The van der Waals surface area contributed by atoms with Crippen LogP contribution in [0.1, 0.15) is 11.3 Å². The number of nitrogens with zero attached hydrogens (tertiary/aromatic N) is 4. The molecule has 7 heteroatoms. The number of rotatable bonds is 3. The van der Waals surface area contributed by atoms with Gasteiger partial charge in [0, 0.05) is 25.6 Å². The monoisotopic (exact) mass is 268 g/mol. The van der Waals surface area contributed by atoms with Crippen molar-refractivity contribution in [1.82, 2.24) is 15.0 Å². The van der Waals surface area contributed by atoms with E-state index in [0.29, 0.717) is 18.1 Å². The van der Waals surface area contributed by atoms with Crippen molar-refractivity contribution in [3.63, 3.8) is 0 Å². The van der Waals surface area contributed by atoms with Crippen LogP contribution in [-0.4, -0.2) is 22.0 Å². The first-order chi connectivity index (χ1) is 8.97. The number of hydrogen-bond acceptors (Lipinski definition) is 4. The van der Waals surface area contributed by atoms with E-state index in [0.717, 1.165) is 12.3 Å². The summed E-state index contributed by atoms with van der Waals surface area (Å²) in [6.45, 7) is 0.423. The molecule has 0 aromatic carbocycles. The van der Waals surface area contributed by atoms with Gasteiger partial charge < -0.3 is 4.90 Å². The third-order valence-corrected chi connectivity index (χ3v) is 2.48. The van der Waals surface area contributed by atoms with Crippen LogP contribution in [0.5, 0.6) is 0 Å². The van der Waals surface area contributed by atoms with Gasteiger partial charge in [-0.25, -0.2) is 4.98 Å². The molecular formula is C12H11F3N4. The van der Waals surface area contributed by atoms with Crippen LogP contribution in [0, 0.1) is 0 Å². The Balaban J connectivity index is 2.10. The normalized spacial score (nSPS) is 11.4. The molecule has 0 amide bonds. The summed E-state index contributed by atoms with van der Waals surface area (Å²) >= 11 is 0. The molecule has 0 atom stereocenters. The molecular weight excluding hydrogens is 257 g/mol. The van der Waals surface area contributed by atoms with Crippen molar-refractivity contribution in [1.29, 1.82) is 0 Å². The van der Waals surface area contributed by atoms with Crippen LogP contribution in [-0.2, 0) is 12.7 Å². The highest BCUT2D eigenvalue weighted by Gasteiger charge is 2.30. The molecule has 2 aromatic heterocycles. The first-order valence-corrected chi connectivity index (χ1v) is 5.46. The quantitative estimate of drug-likeness (QED) is 0.857. The predicted molar refractivity (Wildman–Crippen MR) is 63.4 cm³/mol. The van der Waals surface area contributed by atoms with Crippen molar-refractivity contribution in [2.75, 3.05) is 11.9 Å². The fourth-order valence-electron chi connectivity index (χ4n) is 1.52. The Kier molecular flexibility index (Phi) is 3.64. The summed E-state index contributed by atoms with van der Waals surface area (Å²) in [6, 6.07) is 2.34. The van der Waals surface area contributed by atoms with E-state index in [1.54, 1.807) is 30.5 Å². The summed E-state index contributed by atoms with van der Waals surface area (Å²) in [6.07, 6.45) is 1.17. The van der Waals surface area contributed by atoms with Gasteiger partial charge in [-0.1, -0.05) is 0 Å². The van der Waals surface area contributed by atoms with E-state index < -0.39 is 11.7 Å². The summed E-state index contributed by atoms with van der Waals surface area (Å²) < 4.78 is 37.2. The molecule has 0 saturated carbocycles. The van der Waals surface area contributed by atoms with Crippen molar-refractivity contribution in [2.45, 2.75) is 12.7 Å². The molecule has 0 saturated heterocycles. The predicted octanol–water partition coefficient (Wildman–Crippen LogP) is 2.53. The van der Waals surface area contributed by atoms with E-state index in [4.69, 9.17) is 0 Å². The fraction of sp³-hybridized carbons (Fsp3) is 0.250. The average Bonchev–Trinajstić information content (AvgIpc) is 2.39. The van der Waals surface area contributed by atoms with Crippen molar-refractivity contribution in [2.24, 2.45) is 0 Å². The molecule has 2 heterocycles. The summed E-state index contributed by atoms with van der Waals surface area (Å²) in [5.74, 6) is 0.443. The van der Waals surface area contributed by atoms with Gasteiger partial charge in [-0.05, 0) is 12.1 Å². The van der Waals surface area contributed by atoms with Crippen LogP contribution in [0.25, 0.3) is 0 Å². The second-order valence-corrected chi connectivity index (χ2v) is 3.96. The fourth-order valence-corrected chi connectivity index (χ4v) is 1.52. The van der Waals surface area contributed by atoms with Gasteiger partial charge in [0.2, 0.25) is 0 Å². The molecule has 0 spiro atoms.